The topological polar surface area (TPSA) is 87.2 Å². The van der Waals surface area contributed by atoms with Crippen LogP contribution in [0, 0.1) is 0 Å². The lowest BCUT2D eigenvalue weighted by Gasteiger charge is -2.35. The molecule has 0 saturated heterocycles. The van der Waals surface area contributed by atoms with Crippen LogP contribution >= 0.6 is 0 Å². The maximum absolute atomic E-state index is 12.9. The standard InChI is InChI=1S/C21H20N2O5/c24-18(10-12-22-16-7-3-4-8-17(16)28-13-19(22)25)23-11-9-14-5-1-2-6-15(14)20(23)21(26)27/h1-8,20H,9-13H2,(H,26,27). The molecule has 2 aromatic carbocycles. The van der Waals surface area contributed by atoms with Crippen molar-refractivity contribution in [1.29, 1.82) is 0 Å². The maximum Gasteiger partial charge on any atom is 0.331 e. The van der Waals surface area contributed by atoms with E-state index in [0.717, 1.165) is 5.56 Å². The fourth-order valence-electron chi connectivity index (χ4n) is 3.85. The molecule has 2 aliphatic rings. The molecule has 0 spiro atoms. The number of hydrogen-bond acceptors (Lipinski definition) is 4. The second kappa shape index (κ2) is 7.34. The number of carbonyl (C=O) groups excluding carboxylic acids is 2. The molecule has 4 rings (SSSR count). The van der Waals surface area contributed by atoms with E-state index in [-0.39, 0.29) is 31.4 Å². The Bertz CT molecular complexity index is 942. The highest BCUT2D eigenvalue weighted by molar-refractivity contribution is 5.98. The van der Waals surface area contributed by atoms with Crippen LogP contribution in [0.15, 0.2) is 48.5 Å². The number of ether oxygens (including phenoxy) is 1. The van der Waals surface area contributed by atoms with Gasteiger partial charge in [-0.3, -0.25) is 9.59 Å². The van der Waals surface area contributed by atoms with Crippen LogP contribution in [0.4, 0.5) is 5.69 Å². The van der Waals surface area contributed by atoms with Crippen LogP contribution in [-0.2, 0) is 20.8 Å². The smallest absolute Gasteiger partial charge is 0.331 e. The van der Waals surface area contributed by atoms with E-state index in [1.165, 1.54) is 9.80 Å². The third-order valence-electron chi connectivity index (χ3n) is 5.20. The predicted molar refractivity (Wildman–Crippen MR) is 101 cm³/mol. The Labute approximate surface area is 162 Å². The molecule has 1 N–H and O–H groups in total. The lowest BCUT2D eigenvalue weighted by Crippen LogP contribution is -2.46. The fraction of sp³-hybridized carbons (Fsp3) is 0.286. The lowest BCUT2D eigenvalue weighted by molar-refractivity contribution is -0.151. The molecule has 2 heterocycles. The summed E-state index contributed by atoms with van der Waals surface area (Å²) >= 11 is 0. The first-order valence-electron chi connectivity index (χ1n) is 9.18. The first-order valence-corrected chi connectivity index (χ1v) is 9.18. The lowest BCUT2D eigenvalue weighted by atomic mass is 9.92. The van der Waals surface area contributed by atoms with Crippen molar-refractivity contribution < 1.29 is 24.2 Å². The first kappa shape index (κ1) is 18.0. The number of para-hydroxylation sites is 2. The second-order valence-corrected chi connectivity index (χ2v) is 6.83. The number of aliphatic carboxylic acids is 1. The SMILES string of the molecule is O=C(O)C1c2ccccc2CCN1C(=O)CCN1C(=O)COc2ccccc21. The maximum atomic E-state index is 12.9. The molecule has 28 heavy (non-hydrogen) atoms. The van der Waals surface area contributed by atoms with Gasteiger partial charge in [-0.1, -0.05) is 36.4 Å². The molecule has 1 unspecified atom stereocenters. The Morgan fingerprint density at radius 2 is 1.86 bits per heavy atom. The van der Waals surface area contributed by atoms with Gasteiger partial charge < -0.3 is 19.6 Å². The van der Waals surface area contributed by atoms with E-state index in [4.69, 9.17) is 4.74 Å². The van der Waals surface area contributed by atoms with Gasteiger partial charge in [0, 0.05) is 19.5 Å². The van der Waals surface area contributed by atoms with E-state index >= 15 is 0 Å². The van der Waals surface area contributed by atoms with Gasteiger partial charge in [0.15, 0.2) is 12.6 Å². The third-order valence-corrected chi connectivity index (χ3v) is 5.20. The van der Waals surface area contributed by atoms with Crippen molar-refractivity contribution in [2.24, 2.45) is 0 Å². The molecule has 0 fully saturated rings. The van der Waals surface area contributed by atoms with E-state index in [1.807, 2.05) is 18.2 Å². The van der Waals surface area contributed by atoms with Crippen molar-refractivity contribution in [3.63, 3.8) is 0 Å². The number of carbonyl (C=O) groups is 3. The van der Waals surface area contributed by atoms with Crippen LogP contribution in [0.3, 0.4) is 0 Å². The number of amides is 2. The van der Waals surface area contributed by atoms with Crippen LogP contribution in [-0.4, -0.2) is 47.5 Å². The molecule has 7 heteroatoms. The highest BCUT2D eigenvalue weighted by Crippen LogP contribution is 2.33. The summed E-state index contributed by atoms with van der Waals surface area (Å²) in [7, 11) is 0. The summed E-state index contributed by atoms with van der Waals surface area (Å²) in [5, 5.41) is 9.72. The van der Waals surface area contributed by atoms with Crippen molar-refractivity contribution in [2.75, 3.05) is 24.6 Å². The summed E-state index contributed by atoms with van der Waals surface area (Å²) < 4.78 is 5.41. The number of carboxylic acid groups (broad SMARTS) is 1. The number of nitrogens with zero attached hydrogens (tertiary/aromatic N) is 2. The quantitative estimate of drug-likeness (QED) is 0.877. The van der Waals surface area contributed by atoms with Gasteiger partial charge in [-0.15, -0.1) is 0 Å². The monoisotopic (exact) mass is 380 g/mol. The zero-order valence-corrected chi connectivity index (χ0v) is 15.2. The van der Waals surface area contributed by atoms with Crippen molar-refractivity contribution in [2.45, 2.75) is 18.9 Å². The van der Waals surface area contributed by atoms with Crippen LogP contribution in [0.5, 0.6) is 5.75 Å². The summed E-state index contributed by atoms with van der Waals surface area (Å²) in [4.78, 5) is 40.0. The Kier molecular flexibility index (Phi) is 4.73. The summed E-state index contributed by atoms with van der Waals surface area (Å²) in [5.41, 5.74) is 2.24. The molecule has 144 valence electrons. The number of carboxylic acids is 1. The minimum absolute atomic E-state index is 0.0476. The minimum Gasteiger partial charge on any atom is -0.482 e. The molecule has 0 bridgehead atoms. The van der Waals surface area contributed by atoms with Gasteiger partial charge in [-0.2, -0.15) is 0 Å². The van der Waals surface area contributed by atoms with Crippen LogP contribution < -0.4 is 9.64 Å². The predicted octanol–water partition coefficient (Wildman–Crippen LogP) is 2.01. The van der Waals surface area contributed by atoms with Gasteiger partial charge in [0.2, 0.25) is 5.91 Å². The fourth-order valence-corrected chi connectivity index (χ4v) is 3.85. The highest BCUT2D eigenvalue weighted by atomic mass is 16.5. The van der Waals surface area contributed by atoms with Gasteiger partial charge in [-0.05, 0) is 29.7 Å². The zero-order chi connectivity index (χ0) is 19.7. The molecule has 0 aliphatic carbocycles. The van der Waals surface area contributed by atoms with Crippen molar-refractivity contribution >= 4 is 23.5 Å². The van der Waals surface area contributed by atoms with Gasteiger partial charge in [0.1, 0.15) is 5.75 Å². The molecular formula is C21H20N2O5. The van der Waals surface area contributed by atoms with Gasteiger partial charge in [0.05, 0.1) is 5.69 Å². The Hall–Kier alpha value is -3.35. The van der Waals surface area contributed by atoms with E-state index in [2.05, 4.69) is 0 Å². The van der Waals surface area contributed by atoms with Gasteiger partial charge >= 0.3 is 5.97 Å². The molecule has 0 aromatic heterocycles. The average Bonchev–Trinajstić information content (AvgIpc) is 2.71. The number of hydrogen-bond donors (Lipinski definition) is 1. The molecule has 2 aromatic rings. The highest BCUT2D eigenvalue weighted by Gasteiger charge is 2.36. The van der Waals surface area contributed by atoms with Crippen molar-refractivity contribution in [3.05, 3.63) is 59.7 Å². The molecule has 7 nitrogen and oxygen atoms in total. The van der Waals surface area contributed by atoms with Crippen LogP contribution in [0.1, 0.15) is 23.6 Å². The summed E-state index contributed by atoms with van der Waals surface area (Å²) in [6.45, 7) is 0.461. The van der Waals surface area contributed by atoms with Crippen LogP contribution in [0.25, 0.3) is 0 Å². The Balaban J connectivity index is 1.51. The normalized spacial score (nSPS) is 18.1. The molecule has 0 radical (unpaired) electrons. The second-order valence-electron chi connectivity index (χ2n) is 6.83. The molecule has 0 saturated carbocycles. The van der Waals surface area contributed by atoms with Crippen LogP contribution in [0.2, 0.25) is 0 Å². The molecule has 2 amide bonds. The van der Waals surface area contributed by atoms with E-state index in [9.17, 15) is 19.5 Å². The van der Waals surface area contributed by atoms with Gasteiger partial charge in [0.25, 0.3) is 5.91 Å². The number of benzene rings is 2. The van der Waals surface area contributed by atoms with E-state index in [1.54, 1.807) is 30.3 Å². The van der Waals surface area contributed by atoms with Crippen molar-refractivity contribution in [1.82, 2.24) is 4.90 Å². The Morgan fingerprint density at radius 3 is 2.68 bits per heavy atom. The third kappa shape index (κ3) is 3.19. The molecule has 1 atom stereocenters. The average molecular weight is 380 g/mol. The summed E-state index contributed by atoms with van der Waals surface area (Å²) in [6, 6.07) is 13.5. The van der Waals surface area contributed by atoms with E-state index < -0.39 is 12.0 Å². The number of anilines is 1. The Morgan fingerprint density at radius 1 is 1.11 bits per heavy atom. The number of fused-ring (bicyclic) bond motifs is 2. The van der Waals surface area contributed by atoms with Crippen molar-refractivity contribution in [3.8, 4) is 5.75 Å². The molecule has 2 aliphatic heterocycles. The summed E-state index contributed by atoms with van der Waals surface area (Å²) in [6.07, 6.45) is 0.664. The first-order chi connectivity index (χ1) is 13.6. The molecular weight excluding hydrogens is 360 g/mol. The summed E-state index contributed by atoms with van der Waals surface area (Å²) in [5.74, 6) is -0.942. The zero-order valence-electron chi connectivity index (χ0n) is 15.2. The van der Waals surface area contributed by atoms with Gasteiger partial charge in [-0.25, -0.2) is 4.79 Å². The van der Waals surface area contributed by atoms with E-state index in [0.29, 0.717) is 30.0 Å². The largest absolute Gasteiger partial charge is 0.482 e. The number of rotatable bonds is 4. The minimum atomic E-state index is -1.05.